The van der Waals surface area contributed by atoms with Crippen molar-refractivity contribution in [2.45, 2.75) is 0 Å². The fraction of sp³-hybridized carbons (Fsp3) is 0.429. The fourth-order valence-electron chi connectivity index (χ4n) is 2.24. The van der Waals surface area contributed by atoms with Crippen LogP contribution in [0.25, 0.3) is 0 Å². The number of carboxylic acid groups (broad SMARTS) is 1. The molecule has 1 aromatic carbocycles. The molecule has 114 valence electrons. The quantitative estimate of drug-likeness (QED) is 0.867. The van der Waals surface area contributed by atoms with Crippen LogP contribution in [-0.4, -0.2) is 56.3 Å². The molecule has 1 aliphatic heterocycles. The monoisotopic (exact) mass is 295 g/mol. The van der Waals surface area contributed by atoms with Crippen LogP contribution < -0.4 is 14.2 Å². The number of nitrogens with zero attached hydrogens (tertiary/aromatic N) is 1. The van der Waals surface area contributed by atoms with E-state index in [9.17, 15) is 9.59 Å². The average Bonchev–Trinajstić information content (AvgIpc) is 2.43. The summed E-state index contributed by atoms with van der Waals surface area (Å²) >= 11 is 0. The van der Waals surface area contributed by atoms with E-state index in [2.05, 4.69) is 0 Å². The van der Waals surface area contributed by atoms with Crippen molar-refractivity contribution in [3.63, 3.8) is 0 Å². The molecule has 0 radical (unpaired) electrons. The summed E-state index contributed by atoms with van der Waals surface area (Å²) in [5.41, 5.74) is 0.319. The summed E-state index contributed by atoms with van der Waals surface area (Å²) in [5.74, 6) is -0.608. The first kappa shape index (κ1) is 15.0. The number of amides is 1. The molecule has 0 aromatic heterocycles. The first-order valence-corrected chi connectivity index (χ1v) is 6.34. The van der Waals surface area contributed by atoms with Crippen LogP contribution in [-0.2, 0) is 4.79 Å². The number of carboxylic acids is 1. The van der Waals surface area contributed by atoms with E-state index in [1.807, 2.05) is 0 Å². The van der Waals surface area contributed by atoms with Crippen molar-refractivity contribution in [3.8, 4) is 17.2 Å². The van der Waals surface area contributed by atoms with E-state index in [0.717, 1.165) is 0 Å². The SMILES string of the molecule is COc1ccc(C(=O)N2CC(C(=O)O)C2)c(OC)c1OC. The van der Waals surface area contributed by atoms with Gasteiger partial charge in [0, 0.05) is 13.1 Å². The summed E-state index contributed by atoms with van der Waals surface area (Å²) in [4.78, 5) is 24.7. The van der Waals surface area contributed by atoms with Gasteiger partial charge in [0.1, 0.15) is 0 Å². The number of hydrogen-bond acceptors (Lipinski definition) is 5. The van der Waals surface area contributed by atoms with Crippen molar-refractivity contribution in [3.05, 3.63) is 17.7 Å². The molecule has 0 aliphatic carbocycles. The molecule has 0 saturated carbocycles. The van der Waals surface area contributed by atoms with Gasteiger partial charge in [0.15, 0.2) is 11.5 Å². The Hall–Kier alpha value is -2.44. The summed E-state index contributed by atoms with van der Waals surface area (Å²) in [6.07, 6.45) is 0. The number of aliphatic carboxylic acids is 1. The summed E-state index contributed by atoms with van der Waals surface area (Å²) in [6.45, 7) is 0.400. The van der Waals surface area contributed by atoms with Crippen molar-refractivity contribution in [1.82, 2.24) is 4.90 Å². The molecule has 21 heavy (non-hydrogen) atoms. The molecule has 1 N–H and O–H groups in total. The van der Waals surface area contributed by atoms with Crippen LogP contribution in [0.15, 0.2) is 12.1 Å². The average molecular weight is 295 g/mol. The molecule has 1 heterocycles. The normalized spacial score (nSPS) is 14.3. The Morgan fingerprint density at radius 1 is 1.10 bits per heavy atom. The number of ether oxygens (including phenoxy) is 3. The highest BCUT2D eigenvalue weighted by molar-refractivity contribution is 5.99. The summed E-state index contributed by atoms with van der Waals surface area (Å²) in [6, 6.07) is 3.19. The molecule has 1 saturated heterocycles. The van der Waals surface area contributed by atoms with Crippen LogP contribution in [0.1, 0.15) is 10.4 Å². The minimum Gasteiger partial charge on any atom is -0.493 e. The molecule has 1 amide bonds. The van der Waals surface area contributed by atoms with E-state index in [4.69, 9.17) is 19.3 Å². The molecular weight excluding hydrogens is 278 g/mol. The number of likely N-dealkylation sites (tertiary alicyclic amines) is 1. The lowest BCUT2D eigenvalue weighted by Crippen LogP contribution is -2.53. The summed E-state index contributed by atoms with van der Waals surface area (Å²) < 4.78 is 15.6. The number of carbonyl (C=O) groups excluding carboxylic acids is 1. The van der Waals surface area contributed by atoms with Crippen molar-refractivity contribution in [2.24, 2.45) is 5.92 Å². The van der Waals surface area contributed by atoms with Gasteiger partial charge in [-0.25, -0.2) is 0 Å². The number of rotatable bonds is 5. The molecule has 0 bridgehead atoms. The van der Waals surface area contributed by atoms with Crippen LogP contribution in [0.5, 0.6) is 17.2 Å². The summed E-state index contributed by atoms with van der Waals surface area (Å²) in [7, 11) is 4.38. The third kappa shape index (κ3) is 2.58. The van der Waals surface area contributed by atoms with Gasteiger partial charge in [-0.2, -0.15) is 0 Å². The molecule has 0 atom stereocenters. The van der Waals surface area contributed by atoms with Gasteiger partial charge in [-0.05, 0) is 12.1 Å². The molecule has 7 heteroatoms. The van der Waals surface area contributed by atoms with Gasteiger partial charge in [0.05, 0.1) is 32.8 Å². The number of benzene rings is 1. The maximum Gasteiger partial charge on any atom is 0.310 e. The first-order chi connectivity index (χ1) is 10.0. The van der Waals surface area contributed by atoms with E-state index in [1.165, 1.54) is 26.2 Å². The Morgan fingerprint density at radius 3 is 2.19 bits per heavy atom. The van der Waals surface area contributed by atoms with Gasteiger partial charge in [-0.3, -0.25) is 9.59 Å². The topological polar surface area (TPSA) is 85.3 Å². The maximum atomic E-state index is 12.4. The molecule has 0 unspecified atom stereocenters. The van der Waals surface area contributed by atoms with E-state index in [1.54, 1.807) is 12.1 Å². The molecule has 7 nitrogen and oxygen atoms in total. The third-order valence-electron chi connectivity index (χ3n) is 3.45. The first-order valence-electron chi connectivity index (χ1n) is 6.34. The van der Waals surface area contributed by atoms with E-state index >= 15 is 0 Å². The fourth-order valence-corrected chi connectivity index (χ4v) is 2.24. The zero-order chi connectivity index (χ0) is 15.6. The predicted octanol–water partition coefficient (Wildman–Crippen LogP) is 0.869. The van der Waals surface area contributed by atoms with Gasteiger partial charge in [0.2, 0.25) is 5.75 Å². The standard InChI is InChI=1S/C14H17NO6/c1-19-10-5-4-9(11(20-2)12(10)21-3)13(16)15-6-8(7-15)14(17)18/h4-5,8H,6-7H2,1-3H3,(H,17,18). The van der Waals surface area contributed by atoms with Gasteiger partial charge < -0.3 is 24.2 Å². The minimum atomic E-state index is -0.890. The van der Waals surface area contributed by atoms with Gasteiger partial charge in [-0.15, -0.1) is 0 Å². The second kappa shape index (κ2) is 5.90. The molecule has 1 aromatic rings. The van der Waals surface area contributed by atoms with E-state index < -0.39 is 11.9 Å². The lowest BCUT2D eigenvalue weighted by Gasteiger charge is -2.37. The third-order valence-corrected chi connectivity index (χ3v) is 3.45. The molecular formula is C14H17NO6. The highest BCUT2D eigenvalue weighted by Crippen LogP contribution is 2.40. The molecule has 0 spiro atoms. The van der Waals surface area contributed by atoms with Crippen LogP contribution in [0, 0.1) is 5.92 Å². The largest absolute Gasteiger partial charge is 0.493 e. The summed E-state index contributed by atoms with van der Waals surface area (Å²) in [5, 5.41) is 8.86. The second-order valence-corrected chi connectivity index (χ2v) is 4.63. The Kier molecular flexibility index (Phi) is 4.21. The highest BCUT2D eigenvalue weighted by atomic mass is 16.5. The van der Waals surface area contributed by atoms with Crippen LogP contribution in [0.2, 0.25) is 0 Å². The smallest absolute Gasteiger partial charge is 0.310 e. The van der Waals surface area contributed by atoms with E-state index in [-0.39, 0.29) is 24.7 Å². The Balaban J connectivity index is 2.28. The highest BCUT2D eigenvalue weighted by Gasteiger charge is 2.37. The van der Waals surface area contributed by atoms with Crippen molar-refractivity contribution >= 4 is 11.9 Å². The Bertz CT molecular complexity index is 565. The second-order valence-electron chi connectivity index (χ2n) is 4.63. The predicted molar refractivity (Wildman–Crippen MR) is 73.1 cm³/mol. The van der Waals surface area contributed by atoms with Crippen molar-refractivity contribution in [1.29, 1.82) is 0 Å². The Labute approximate surface area is 122 Å². The lowest BCUT2D eigenvalue weighted by atomic mass is 9.99. The van der Waals surface area contributed by atoms with Crippen molar-refractivity contribution < 1.29 is 28.9 Å². The number of carbonyl (C=O) groups is 2. The zero-order valence-electron chi connectivity index (χ0n) is 12.1. The minimum absolute atomic E-state index is 0.200. The van der Waals surface area contributed by atoms with Crippen LogP contribution >= 0.6 is 0 Å². The zero-order valence-corrected chi connectivity index (χ0v) is 12.1. The van der Waals surface area contributed by atoms with Crippen molar-refractivity contribution in [2.75, 3.05) is 34.4 Å². The van der Waals surface area contributed by atoms with Gasteiger partial charge in [-0.1, -0.05) is 0 Å². The maximum absolute atomic E-state index is 12.4. The lowest BCUT2D eigenvalue weighted by molar-refractivity contribution is -0.146. The molecule has 1 fully saturated rings. The van der Waals surface area contributed by atoms with E-state index in [0.29, 0.717) is 17.1 Å². The molecule has 2 rings (SSSR count). The van der Waals surface area contributed by atoms with Gasteiger partial charge in [0.25, 0.3) is 5.91 Å². The molecule has 1 aliphatic rings. The van der Waals surface area contributed by atoms with Crippen LogP contribution in [0.4, 0.5) is 0 Å². The van der Waals surface area contributed by atoms with Gasteiger partial charge >= 0.3 is 5.97 Å². The Morgan fingerprint density at radius 2 is 1.71 bits per heavy atom. The number of methoxy groups -OCH3 is 3. The van der Waals surface area contributed by atoms with Crippen LogP contribution in [0.3, 0.4) is 0 Å². The number of hydrogen-bond donors (Lipinski definition) is 1.